The summed E-state index contributed by atoms with van der Waals surface area (Å²) in [6.45, 7) is 0.575. The van der Waals surface area contributed by atoms with Crippen LogP contribution in [0.5, 0.6) is 0 Å². The van der Waals surface area contributed by atoms with Crippen LogP contribution >= 0.6 is 0 Å². The van der Waals surface area contributed by atoms with Crippen LogP contribution in [0.3, 0.4) is 0 Å². The molecule has 0 saturated heterocycles. The summed E-state index contributed by atoms with van der Waals surface area (Å²) < 4.78 is 0. The summed E-state index contributed by atoms with van der Waals surface area (Å²) in [5.74, 6) is -1.15. The van der Waals surface area contributed by atoms with E-state index in [1.54, 1.807) is 6.92 Å². The van der Waals surface area contributed by atoms with Crippen LogP contribution in [0, 0.1) is 5.41 Å². The molecule has 11 heavy (non-hydrogen) atoms. The molecular formula is C6H13NaO4. The molecule has 0 saturated carbocycles. The van der Waals surface area contributed by atoms with Crippen LogP contribution < -0.4 is 0 Å². The quantitative estimate of drug-likeness (QED) is 0.466. The average Bonchev–Trinajstić information content (AvgIpc) is 1.92. The van der Waals surface area contributed by atoms with Crippen LogP contribution in [0.15, 0.2) is 0 Å². The summed E-state index contributed by atoms with van der Waals surface area (Å²) >= 11 is 0. The number of aliphatic hydroxyl groups excluding tert-OH is 2. The van der Waals surface area contributed by atoms with Crippen molar-refractivity contribution in [2.24, 2.45) is 5.41 Å². The second-order valence-corrected chi connectivity index (χ2v) is 2.26. The van der Waals surface area contributed by atoms with Crippen molar-refractivity contribution in [3.05, 3.63) is 0 Å². The van der Waals surface area contributed by atoms with E-state index in [4.69, 9.17) is 15.3 Å². The normalized spacial score (nSPS) is 10.5. The van der Waals surface area contributed by atoms with Crippen molar-refractivity contribution in [1.29, 1.82) is 0 Å². The van der Waals surface area contributed by atoms with Crippen molar-refractivity contribution in [3.63, 3.8) is 0 Å². The van der Waals surface area contributed by atoms with Crippen molar-refractivity contribution in [2.75, 3.05) is 13.2 Å². The van der Waals surface area contributed by atoms with Crippen LogP contribution in [-0.2, 0) is 4.79 Å². The zero-order chi connectivity index (χ0) is 8.20. The van der Waals surface area contributed by atoms with E-state index in [1.165, 1.54) is 0 Å². The van der Waals surface area contributed by atoms with Gasteiger partial charge in [0.05, 0.1) is 13.2 Å². The molecule has 0 spiro atoms. The molecule has 0 aromatic heterocycles. The summed E-state index contributed by atoms with van der Waals surface area (Å²) in [6.07, 6.45) is 0.231. The molecule has 0 aliphatic carbocycles. The standard InChI is InChI=1S/C6H12O4.Na.H/c1-2-6(3-7,4-8)5(9)10;;/h7-8H,2-4H2,1H3,(H,9,10);;. The fourth-order valence-electron chi connectivity index (χ4n) is 0.560. The number of hydrogen-bond donors (Lipinski definition) is 3. The molecule has 3 N–H and O–H groups in total. The molecule has 4 nitrogen and oxygen atoms in total. The molecule has 0 aliphatic heterocycles. The number of carboxylic acids is 1. The molecule has 0 fully saturated rings. The van der Waals surface area contributed by atoms with Gasteiger partial charge in [-0.1, -0.05) is 6.92 Å². The van der Waals surface area contributed by atoms with Gasteiger partial charge in [0.1, 0.15) is 5.41 Å². The average molecular weight is 172 g/mol. The first-order valence-corrected chi connectivity index (χ1v) is 3.08. The number of carboxylic acid groups (broad SMARTS) is 1. The third-order valence-electron chi connectivity index (χ3n) is 1.74. The number of hydrogen-bond acceptors (Lipinski definition) is 3. The molecule has 62 valence electrons. The summed E-state index contributed by atoms with van der Waals surface area (Å²) in [7, 11) is 0. The molecule has 0 heterocycles. The third kappa shape index (κ3) is 3.09. The molecule has 5 heteroatoms. The zero-order valence-electron chi connectivity index (χ0n) is 5.87. The number of rotatable bonds is 4. The van der Waals surface area contributed by atoms with E-state index in [-0.39, 0.29) is 36.0 Å². The van der Waals surface area contributed by atoms with E-state index in [9.17, 15) is 4.79 Å². The predicted octanol–water partition coefficient (Wildman–Crippen LogP) is -1.20. The van der Waals surface area contributed by atoms with Gasteiger partial charge in [-0.15, -0.1) is 0 Å². The molecule has 0 aliphatic rings. The van der Waals surface area contributed by atoms with Crippen molar-refractivity contribution >= 4 is 35.5 Å². The second kappa shape index (κ2) is 5.97. The Hall–Kier alpha value is 0.390. The first-order valence-electron chi connectivity index (χ1n) is 3.08. The van der Waals surface area contributed by atoms with Crippen LogP contribution in [0.1, 0.15) is 13.3 Å². The van der Waals surface area contributed by atoms with E-state index in [0.29, 0.717) is 0 Å². The first-order chi connectivity index (χ1) is 4.63. The Morgan fingerprint density at radius 1 is 1.36 bits per heavy atom. The topological polar surface area (TPSA) is 77.8 Å². The van der Waals surface area contributed by atoms with E-state index < -0.39 is 24.6 Å². The summed E-state index contributed by atoms with van der Waals surface area (Å²) in [4.78, 5) is 10.4. The van der Waals surface area contributed by atoms with E-state index in [2.05, 4.69) is 0 Å². The Morgan fingerprint density at radius 2 is 1.73 bits per heavy atom. The molecule has 0 atom stereocenters. The first kappa shape index (κ1) is 13.9. The fraction of sp³-hybridized carbons (Fsp3) is 0.833. The van der Waals surface area contributed by atoms with Gasteiger partial charge in [0.2, 0.25) is 0 Å². The van der Waals surface area contributed by atoms with Gasteiger partial charge in [0, 0.05) is 0 Å². The summed E-state index contributed by atoms with van der Waals surface area (Å²) in [5.41, 5.74) is -1.35. The van der Waals surface area contributed by atoms with Gasteiger partial charge in [-0.05, 0) is 6.42 Å². The number of aliphatic carboxylic acids is 1. The monoisotopic (exact) mass is 172 g/mol. The Morgan fingerprint density at radius 3 is 1.73 bits per heavy atom. The van der Waals surface area contributed by atoms with E-state index in [0.717, 1.165) is 0 Å². The van der Waals surface area contributed by atoms with Crippen molar-refractivity contribution < 1.29 is 20.1 Å². The van der Waals surface area contributed by atoms with Gasteiger partial charge < -0.3 is 15.3 Å². The molecule has 0 aromatic rings. The SMILES string of the molecule is CCC(CO)(CO)C(=O)O.[NaH]. The minimum atomic E-state index is -1.35. The van der Waals surface area contributed by atoms with Crippen molar-refractivity contribution in [1.82, 2.24) is 0 Å². The Kier molecular flexibility index (Phi) is 7.57. The van der Waals surface area contributed by atoms with Crippen LogP contribution in [0.4, 0.5) is 0 Å². The van der Waals surface area contributed by atoms with Crippen LogP contribution in [0.25, 0.3) is 0 Å². The van der Waals surface area contributed by atoms with Crippen molar-refractivity contribution in [2.45, 2.75) is 13.3 Å². The molecule has 0 amide bonds. The molecule has 0 radical (unpaired) electrons. The minimum absolute atomic E-state index is 0. The Bertz CT molecular complexity index is 113. The molecule has 0 rings (SSSR count). The molecule has 0 unspecified atom stereocenters. The van der Waals surface area contributed by atoms with Gasteiger partial charge in [-0.25, -0.2) is 0 Å². The number of aliphatic hydroxyl groups is 2. The Labute approximate surface area is 87.5 Å². The van der Waals surface area contributed by atoms with Gasteiger partial charge >= 0.3 is 35.5 Å². The third-order valence-corrected chi connectivity index (χ3v) is 1.74. The summed E-state index contributed by atoms with van der Waals surface area (Å²) in [5, 5.41) is 25.7. The molecule has 0 aromatic carbocycles. The summed E-state index contributed by atoms with van der Waals surface area (Å²) in [6, 6.07) is 0. The maximum absolute atomic E-state index is 10.4. The van der Waals surface area contributed by atoms with E-state index >= 15 is 0 Å². The maximum atomic E-state index is 10.4. The Balaban J connectivity index is 0. The predicted molar refractivity (Wildman–Crippen MR) is 41.7 cm³/mol. The van der Waals surface area contributed by atoms with Gasteiger partial charge in [-0.2, -0.15) is 0 Å². The second-order valence-electron chi connectivity index (χ2n) is 2.26. The number of carbonyl (C=O) groups is 1. The van der Waals surface area contributed by atoms with Gasteiger partial charge in [0.15, 0.2) is 0 Å². The van der Waals surface area contributed by atoms with Gasteiger partial charge in [-0.3, -0.25) is 4.79 Å². The fourth-order valence-corrected chi connectivity index (χ4v) is 0.560. The van der Waals surface area contributed by atoms with Gasteiger partial charge in [0.25, 0.3) is 0 Å². The molecule has 0 bridgehead atoms. The zero-order valence-corrected chi connectivity index (χ0v) is 5.87. The van der Waals surface area contributed by atoms with Crippen molar-refractivity contribution in [3.8, 4) is 0 Å². The van der Waals surface area contributed by atoms with E-state index in [1.807, 2.05) is 0 Å². The van der Waals surface area contributed by atoms with Crippen LogP contribution in [-0.4, -0.2) is 64.1 Å². The van der Waals surface area contributed by atoms with Crippen LogP contribution in [0.2, 0.25) is 0 Å². The molecular weight excluding hydrogens is 159 g/mol.